The maximum Gasteiger partial charge on any atom is 0.258 e. The number of hydrogen-bond donors (Lipinski definition) is 1. The number of amides is 1. The van der Waals surface area contributed by atoms with E-state index in [-0.39, 0.29) is 12.5 Å². The van der Waals surface area contributed by atoms with E-state index in [0.29, 0.717) is 11.8 Å². The van der Waals surface area contributed by atoms with Crippen LogP contribution in [0.15, 0.2) is 30.7 Å². The molecule has 0 saturated heterocycles. The van der Waals surface area contributed by atoms with Crippen LogP contribution >= 0.6 is 0 Å². The molecule has 1 amide bonds. The van der Waals surface area contributed by atoms with E-state index >= 15 is 0 Å². The highest BCUT2D eigenvalue weighted by atomic mass is 16.5. The minimum atomic E-state index is -0.0685. The summed E-state index contributed by atoms with van der Waals surface area (Å²) in [7, 11) is 0. The number of nitrogens with zero attached hydrogens (tertiary/aromatic N) is 2. The van der Waals surface area contributed by atoms with Gasteiger partial charge in [0.15, 0.2) is 18.0 Å². The van der Waals surface area contributed by atoms with Gasteiger partial charge < -0.3 is 14.5 Å². The Morgan fingerprint density at radius 3 is 3.24 bits per heavy atom. The van der Waals surface area contributed by atoms with Crippen LogP contribution in [0.5, 0.6) is 5.75 Å². The molecule has 0 unspecified atom stereocenters. The lowest BCUT2D eigenvalue weighted by atomic mass is 10.4. The molecule has 1 N–H and O–H groups in total. The Morgan fingerprint density at radius 1 is 1.53 bits per heavy atom. The third-order valence-electron chi connectivity index (χ3n) is 2.68. The molecule has 2 aromatic rings. The Kier molecular flexibility index (Phi) is 2.44. The number of imidazole rings is 1. The van der Waals surface area contributed by atoms with Gasteiger partial charge in [-0.15, -0.1) is 0 Å². The van der Waals surface area contributed by atoms with Gasteiger partial charge in [0.25, 0.3) is 5.91 Å². The first-order valence-corrected chi connectivity index (χ1v) is 5.67. The minimum Gasteiger partial charge on any atom is -0.480 e. The first kappa shape index (κ1) is 10.1. The molecule has 17 heavy (non-hydrogen) atoms. The highest BCUT2D eigenvalue weighted by molar-refractivity contribution is 5.78. The third kappa shape index (κ3) is 2.22. The standard InChI is InChI=1S/C12H13N3O2/c16-11(14-9-3-4-9)8-17-10-2-1-6-15-7-5-13-12(10)15/h1-2,5-7,9H,3-4,8H2,(H,14,16). The van der Waals surface area contributed by atoms with E-state index in [1.807, 2.05) is 28.9 Å². The average molecular weight is 231 g/mol. The second kappa shape index (κ2) is 4.08. The van der Waals surface area contributed by atoms with Crippen LogP contribution in [0.2, 0.25) is 0 Å². The normalized spacial score (nSPS) is 14.8. The molecular formula is C12H13N3O2. The summed E-state index contributed by atoms with van der Waals surface area (Å²) in [4.78, 5) is 15.7. The van der Waals surface area contributed by atoms with E-state index in [4.69, 9.17) is 4.74 Å². The van der Waals surface area contributed by atoms with Crippen LogP contribution in [0, 0.1) is 0 Å². The molecule has 5 nitrogen and oxygen atoms in total. The van der Waals surface area contributed by atoms with Gasteiger partial charge in [-0.2, -0.15) is 0 Å². The number of carbonyl (C=O) groups excluding carboxylic acids is 1. The van der Waals surface area contributed by atoms with Gasteiger partial charge in [-0.25, -0.2) is 4.98 Å². The molecule has 2 heterocycles. The van der Waals surface area contributed by atoms with Crippen molar-refractivity contribution >= 4 is 11.6 Å². The number of pyridine rings is 1. The summed E-state index contributed by atoms with van der Waals surface area (Å²) in [6.45, 7) is 0.0447. The predicted molar refractivity (Wildman–Crippen MR) is 61.9 cm³/mol. The number of rotatable bonds is 4. The summed E-state index contributed by atoms with van der Waals surface area (Å²) in [5.41, 5.74) is 0.728. The Morgan fingerprint density at radius 2 is 2.41 bits per heavy atom. The third-order valence-corrected chi connectivity index (χ3v) is 2.68. The van der Waals surface area contributed by atoms with Crippen molar-refractivity contribution in [2.24, 2.45) is 0 Å². The number of aromatic nitrogens is 2. The summed E-state index contributed by atoms with van der Waals surface area (Å²) in [6, 6.07) is 4.04. The lowest BCUT2D eigenvalue weighted by molar-refractivity contribution is -0.123. The lowest BCUT2D eigenvalue weighted by Gasteiger charge is -2.07. The molecule has 2 aromatic heterocycles. The minimum absolute atomic E-state index is 0.0447. The molecule has 1 aliphatic rings. The molecule has 3 rings (SSSR count). The summed E-state index contributed by atoms with van der Waals surface area (Å²) in [5.74, 6) is 0.560. The van der Waals surface area contributed by atoms with E-state index in [2.05, 4.69) is 10.3 Å². The van der Waals surface area contributed by atoms with Gasteiger partial charge in [-0.1, -0.05) is 0 Å². The van der Waals surface area contributed by atoms with Crippen molar-refractivity contribution in [2.75, 3.05) is 6.61 Å². The fourth-order valence-corrected chi connectivity index (χ4v) is 1.67. The zero-order chi connectivity index (χ0) is 11.7. The zero-order valence-corrected chi connectivity index (χ0v) is 9.30. The SMILES string of the molecule is O=C(COc1cccn2ccnc12)NC1CC1. The number of fused-ring (bicyclic) bond motifs is 1. The van der Waals surface area contributed by atoms with Gasteiger partial charge in [-0.05, 0) is 25.0 Å². The predicted octanol–water partition coefficient (Wildman–Crippen LogP) is 0.992. The number of hydrogen-bond acceptors (Lipinski definition) is 3. The van der Waals surface area contributed by atoms with Gasteiger partial charge >= 0.3 is 0 Å². The highest BCUT2D eigenvalue weighted by Crippen LogP contribution is 2.19. The molecule has 88 valence electrons. The molecule has 0 bridgehead atoms. The zero-order valence-electron chi connectivity index (χ0n) is 9.30. The van der Waals surface area contributed by atoms with Crippen molar-refractivity contribution in [1.29, 1.82) is 0 Å². The van der Waals surface area contributed by atoms with Crippen molar-refractivity contribution in [2.45, 2.75) is 18.9 Å². The molecule has 1 aliphatic carbocycles. The second-order valence-corrected chi connectivity index (χ2v) is 4.16. The fourth-order valence-electron chi connectivity index (χ4n) is 1.67. The number of carbonyl (C=O) groups is 1. The van der Waals surface area contributed by atoms with Crippen LogP contribution in [-0.2, 0) is 4.79 Å². The maximum absolute atomic E-state index is 11.5. The summed E-state index contributed by atoms with van der Waals surface area (Å²) in [5, 5.41) is 2.87. The molecule has 0 aliphatic heterocycles. The van der Waals surface area contributed by atoms with Crippen LogP contribution in [0.3, 0.4) is 0 Å². The number of nitrogens with one attached hydrogen (secondary N) is 1. The average Bonchev–Trinajstić information content (AvgIpc) is 3.00. The number of ether oxygens (including phenoxy) is 1. The van der Waals surface area contributed by atoms with Crippen molar-refractivity contribution in [1.82, 2.24) is 14.7 Å². The Balaban J connectivity index is 1.67. The van der Waals surface area contributed by atoms with Crippen LogP contribution in [0.1, 0.15) is 12.8 Å². The smallest absolute Gasteiger partial charge is 0.258 e. The Bertz CT molecular complexity index is 545. The molecule has 0 aromatic carbocycles. The molecule has 1 saturated carbocycles. The monoisotopic (exact) mass is 231 g/mol. The van der Waals surface area contributed by atoms with Crippen LogP contribution in [0.4, 0.5) is 0 Å². The van der Waals surface area contributed by atoms with Crippen molar-refractivity contribution in [3.05, 3.63) is 30.7 Å². The van der Waals surface area contributed by atoms with E-state index < -0.39 is 0 Å². The van der Waals surface area contributed by atoms with Gasteiger partial charge in [0.2, 0.25) is 0 Å². The van der Waals surface area contributed by atoms with Gasteiger partial charge in [0.05, 0.1) is 0 Å². The molecule has 1 fully saturated rings. The first-order chi connectivity index (χ1) is 8.33. The first-order valence-electron chi connectivity index (χ1n) is 5.67. The Labute approximate surface area is 98.4 Å². The van der Waals surface area contributed by atoms with Gasteiger partial charge in [0, 0.05) is 24.6 Å². The summed E-state index contributed by atoms with van der Waals surface area (Å²) >= 11 is 0. The van der Waals surface area contributed by atoms with E-state index in [0.717, 1.165) is 18.5 Å². The van der Waals surface area contributed by atoms with Crippen LogP contribution in [0.25, 0.3) is 5.65 Å². The second-order valence-electron chi connectivity index (χ2n) is 4.16. The quantitative estimate of drug-likeness (QED) is 0.853. The summed E-state index contributed by atoms with van der Waals surface area (Å²) < 4.78 is 7.33. The molecule has 0 atom stereocenters. The highest BCUT2D eigenvalue weighted by Gasteiger charge is 2.23. The fraction of sp³-hybridized carbons (Fsp3) is 0.333. The molecule has 0 spiro atoms. The Hall–Kier alpha value is -2.04. The van der Waals surface area contributed by atoms with Crippen molar-refractivity contribution < 1.29 is 9.53 Å². The van der Waals surface area contributed by atoms with Crippen molar-refractivity contribution in [3.8, 4) is 5.75 Å². The van der Waals surface area contributed by atoms with Gasteiger partial charge in [0.1, 0.15) is 0 Å². The molecular weight excluding hydrogens is 218 g/mol. The topological polar surface area (TPSA) is 55.6 Å². The lowest BCUT2D eigenvalue weighted by Crippen LogP contribution is -2.30. The largest absolute Gasteiger partial charge is 0.480 e. The van der Waals surface area contributed by atoms with E-state index in [1.165, 1.54) is 0 Å². The van der Waals surface area contributed by atoms with Crippen LogP contribution < -0.4 is 10.1 Å². The van der Waals surface area contributed by atoms with Crippen molar-refractivity contribution in [3.63, 3.8) is 0 Å². The van der Waals surface area contributed by atoms with E-state index in [1.54, 1.807) is 6.20 Å². The van der Waals surface area contributed by atoms with Gasteiger partial charge in [-0.3, -0.25) is 4.79 Å². The molecule has 0 radical (unpaired) electrons. The van der Waals surface area contributed by atoms with E-state index in [9.17, 15) is 4.79 Å². The maximum atomic E-state index is 11.5. The molecule has 5 heteroatoms. The summed E-state index contributed by atoms with van der Waals surface area (Å²) in [6.07, 6.45) is 7.60. The van der Waals surface area contributed by atoms with Crippen LogP contribution in [-0.4, -0.2) is 27.9 Å².